The van der Waals surface area contributed by atoms with Gasteiger partial charge in [0.05, 0.1) is 0 Å². The van der Waals surface area contributed by atoms with E-state index in [1.165, 1.54) is 0 Å². The Kier molecular flexibility index (Phi) is 6.36. The van der Waals surface area contributed by atoms with Crippen molar-refractivity contribution in [1.29, 1.82) is 0 Å². The molecule has 102 valence electrons. The minimum atomic E-state index is 0.224. The van der Waals surface area contributed by atoms with Crippen LogP contribution in [0.1, 0.15) is 45.4 Å². The van der Waals surface area contributed by atoms with E-state index in [1.54, 1.807) is 6.07 Å². The lowest BCUT2D eigenvalue weighted by Crippen LogP contribution is -2.16. The predicted molar refractivity (Wildman–Crippen MR) is 75.1 cm³/mol. The Balaban J connectivity index is 2.66. The smallest absolute Gasteiger partial charge is 0.135 e. The highest BCUT2D eigenvalue weighted by Gasteiger charge is 2.09. The predicted octanol–water partition coefficient (Wildman–Crippen LogP) is 3.07. The molecule has 1 rings (SSSR count). The second-order valence-corrected chi connectivity index (χ2v) is 5.14. The summed E-state index contributed by atoms with van der Waals surface area (Å²) in [6.07, 6.45) is 1.84. The highest BCUT2D eigenvalue weighted by atomic mass is 35.5. The van der Waals surface area contributed by atoms with Crippen molar-refractivity contribution in [2.45, 2.75) is 39.5 Å². The quantitative estimate of drug-likeness (QED) is 0.749. The molecule has 0 bridgehead atoms. The molecule has 0 aromatic carbocycles. The third-order valence-corrected chi connectivity index (χ3v) is 3.11. The third kappa shape index (κ3) is 4.78. The zero-order chi connectivity index (χ0) is 13.5. The number of hydrogen-bond acceptors (Lipinski definition) is 4. The first-order chi connectivity index (χ1) is 8.56. The molecule has 0 saturated carbocycles. The van der Waals surface area contributed by atoms with E-state index in [-0.39, 0.29) is 12.5 Å². The summed E-state index contributed by atoms with van der Waals surface area (Å²) in [5.74, 6) is 2.21. The summed E-state index contributed by atoms with van der Waals surface area (Å²) < 4.78 is 0. The topological polar surface area (TPSA) is 58.0 Å². The van der Waals surface area contributed by atoms with Crippen LogP contribution in [-0.4, -0.2) is 28.2 Å². The van der Waals surface area contributed by atoms with Gasteiger partial charge in [-0.15, -0.1) is 0 Å². The van der Waals surface area contributed by atoms with Crippen molar-refractivity contribution in [3.63, 3.8) is 0 Å². The molecule has 5 heteroatoms. The molecule has 0 aliphatic carbocycles. The number of aliphatic hydroxyl groups excluding tert-OH is 1. The Bertz CT molecular complexity index is 371. The number of aliphatic hydroxyl groups is 1. The fourth-order valence-electron chi connectivity index (χ4n) is 1.67. The van der Waals surface area contributed by atoms with Crippen LogP contribution in [0.25, 0.3) is 0 Å². The Hall–Kier alpha value is -0.870. The summed E-state index contributed by atoms with van der Waals surface area (Å²) in [4.78, 5) is 8.62. The number of hydrogen-bond donors (Lipinski definition) is 2. The summed E-state index contributed by atoms with van der Waals surface area (Å²) >= 11 is 5.97. The van der Waals surface area contributed by atoms with E-state index < -0.39 is 0 Å². The van der Waals surface area contributed by atoms with Gasteiger partial charge in [-0.2, -0.15) is 0 Å². The summed E-state index contributed by atoms with van der Waals surface area (Å²) in [7, 11) is 0. The van der Waals surface area contributed by atoms with Gasteiger partial charge in [0.15, 0.2) is 0 Å². The second-order valence-electron chi connectivity index (χ2n) is 4.76. The number of nitrogens with zero attached hydrogens (tertiary/aromatic N) is 2. The van der Waals surface area contributed by atoms with E-state index in [2.05, 4.69) is 22.2 Å². The number of halogens is 1. The van der Waals surface area contributed by atoms with Crippen molar-refractivity contribution in [3.05, 3.63) is 17.0 Å². The van der Waals surface area contributed by atoms with Crippen LogP contribution in [0.15, 0.2) is 6.07 Å². The van der Waals surface area contributed by atoms with Gasteiger partial charge in [0.2, 0.25) is 0 Å². The first-order valence-corrected chi connectivity index (χ1v) is 6.83. The molecular weight excluding hydrogens is 250 g/mol. The largest absolute Gasteiger partial charge is 0.396 e. The Morgan fingerprint density at radius 2 is 2.11 bits per heavy atom. The van der Waals surface area contributed by atoms with Crippen molar-refractivity contribution in [2.24, 2.45) is 5.92 Å². The molecule has 0 spiro atoms. The number of aromatic nitrogens is 2. The van der Waals surface area contributed by atoms with Crippen LogP contribution in [0.4, 0.5) is 5.82 Å². The maximum Gasteiger partial charge on any atom is 0.135 e. The lowest BCUT2D eigenvalue weighted by molar-refractivity contribution is 0.258. The molecule has 1 aromatic heterocycles. The monoisotopic (exact) mass is 271 g/mol. The van der Waals surface area contributed by atoms with Crippen molar-refractivity contribution in [2.75, 3.05) is 18.5 Å². The van der Waals surface area contributed by atoms with Gasteiger partial charge in [0, 0.05) is 25.1 Å². The molecule has 1 heterocycles. The molecule has 1 aromatic rings. The summed E-state index contributed by atoms with van der Waals surface area (Å²) in [6.45, 7) is 7.21. The van der Waals surface area contributed by atoms with E-state index in [9.17, 15) is 0 Å². The van der Waals surface area contributed by atoms with Gasteiger partial charge >= 0.3 is 0 Å². The third-order valence-electron chi connectivity index (χ3n) is 2.92. The molecular formula is C13H22ClN3O. The van der Waals surface area contributed by atoms with Gasteiger partial charge < -0.3 is 10.4 Å². The van der Waals surface area contributed by atoms with E-state index in [4.69, 9.17) is 16.7 Å². The Labute approximate surface area is 114 Å². The zero-order valence-electron chi connectivity index (χ0n) is 11.3. The van der Waals surface area contributed by atoms with Gasteiger partial charge in [-0.1, -0.05) is 38.8 Å². The van der Waals surface area contributed by atoms with Gasteiger partial charge in [-0.25, -0.2) is 9.97 Å². The SMILES string of the molecule is CCC(CCO)CNc1cc(Cl)nc(C(C)C)n1. The standard InChI is InChI=1S/C13H22ClN3O/c1-4-10(5-6-18)8-15-12-7-11(14)16-13(17-12)9(2)3/h7,9-10,18H,4-6,8H2,1-3H3,(H,15,16,17). The maximum atomic E-state index is 8.95. The molecule has 0 fully saturated rings. The minimum absolute atomic E-state index is 0.224. The summed E-state index contributed by atoms with van der Waals surface area (Å²) in [5, 5.41) is 12.7. The first kappa shape index (κ1) is 15.2. The zero-order valence-corrected chi connectivity index (χ0v) is 12.0. The number of anilines is 1. The van der Waals surface area contributed by atoms with Gasteiger partial charge in [-0.3, -0.25) is 0 Å². The lowest BCUT2D eigenvalue weighted by Gasteiger charge is -2.15. The number of nitrogens with one attached hydrogen (secondary N) is 1. The molecule has 0 aliphatic heterocycles. The van der Waals surface area contributed by atoms with Crippen LogP contribution in [0.3, 0.4) is 0 Å². The first-order valence-electron chi connectivity index (χ1n) is 6.46. The molecule has 4 nitrogen and oxygen atoms in total. The minimum Gasteiger partial charge on any atom is -0.396 e. The van der Waals surface area contributed by atoms with Crippen LogP contribution < -0.4 is 5.32 Å². The van der Waals surface area contributed by atoms with Crippen molar-refractivity contribution in [1.82, 2.24) is 9.97 Å². The number of rotatable bonds is 7. The molecule has 0 amide bonds. The molecule has 0 saturated heterocycles. The van der Waals surface area contributed by atoms with Crippen LogP contribution in [0.2, 0.25) is 5.15 Å². The Morgan fingerprint density at radius 1 is 1.39 bits per heavy atom. The summed E-state index contributed by atoms with van der Waals surface area (Å²) in [5.41, 5.74) is 0. The normalized spacial score (nSPS) is 12.8. The fourth-order valence-corrected chi connectivity index (χ4v) is 1.86. The highest BCUT2D eigenvalue weighted by molar-refractivity contribution is 6.29. The Morgan fingerprint density at radius 3 is 2.67 bits per heavy atom. The van der Waals surface area contributed by atoms with Gasteiger partial charge in [0.1, 0.15) is 16.8 Å². The van der Waals surface area contributed by atoms with E-state index in [0.717, 1.165) is 31.0 Å². The average molecular weight is 272 g/mol. The molecule has 18 heavy (non-hydrogen) atoms. The van der Waals surface area contributed by atoms with Crippen molar-refractivity contribution < 1.29 is 5.11 Å². The molecule has 1 unspecified atom stereocenters. The average Bonchev–Trinajstić information content (AvgIpc) is 2.33. The molecule has 0 radical (unpaired) electrons. The highest BCUT2D eigenvalue weighted by Crippen LogP contribution is 2.18. The van der Waals surface area contributed by atoms with Crippen LogP contribution in [-0.2, 0) is 0 Å². The van der Waals surface area contributed by atoms with E-state index >= 15 is 0 Å². The maximum absolute atomic E-state index is 8.95. The van der Waals surface area contributed by atoms with Crippen LogP contribution in [0.5, 0.6) is 0 Å². The van der Waals surface area contributed by atoms with Crippen molar-refractivity contribution >= 4 is 17.4 Å². The van der Waals surface area contributed by atoms with Crippen molar-refractivity contribution in [3.8, 4) is 0 Å². The molecule has 0 aliphatic rings. The van der Waals surface area contributed by atoms with Gasteiger partial charge in [-0.05, 0) is 12.3 Å². The molecule has 2 N–H and O–H groups in total. The van der Waals surface area contributed by atoms with E-state index in [1.807, 2.05) is 13.8 Å². The summed E-state index contributed by atoms with van der Waals surface area (Å²) in [6, 6.07) is 1.74. The molecule has 1 atom stereocenters. The van der Waals surface area contributed by atoms with E-state index in [0.29, 0.717) is 11.1 Å². The lowest BCUT2D eigenvalue weighted by atomic mass is 10.0. The fraction of sp³-hybridized carbons (Fsp3) is 0.692. The van der Waals surface area contributed by atoms with Gasteiger partial charge in [0.25, 0.3) is 0 Å². The van der Waals surface area contributed by atoms with Crippen LogP contribution in [0, 0.1) is 5.92 Å². The second kappa shape index (κ2) is 7.54. The van der Waals surface area contributed by atoms with Crippen LogP contribution >= 0.6 is 11.6 Å².